The number of rotatable bonds is 6. The number of benzene rings is 1. The van der Waals surface area contributed by atoms with E-state index in [2.05, 4.69) is 31.1 Å². The van der Waals surface area contributed by atoms with Crippen LogP contribution >= 0.6 is 0 Å². The summed E-state index contributed by atoms with van der Waals surface area (Å²) in [6.45, 7) is 6.05. The van der Waals surface area contributed by atoms with E-state index in [1.807, 2.05) is 37.3 Å². The number of aliphatic hydroxyl groups is 1. The lowest BCUT2D eigenvalue weighted by Crippen LogP contribution is -2.43. The van der Waals surface area contributed by atoms with E-state index < -0.39 is 17.7 Å². The molecule has 142 valence electrons. The quantitative estimate of drug-likeness (QED) is 0.459. The van der Waals surface area contributed by atoms with Gasteiger partial charge in [0.05, 0.1) is 22.5 Å². The van der Waals surface area contributed by atoms with E-state index in [1.54, 1.807) is 26.1 Å². The molecule has 0 saturated carbocycles. The van der Waals surface area contributed by atoms with Gasteiger partial charge in [0.25, 0.3) is 0 Å². The third kappa shape index (κ3) is 4.35. The van der Waals surface area contributed by atoms with Crippen molar-refractivity contribution in [3.63, 3.8) is 0 Å². The third-order valence-electron chi connectivity index (χ3n) is 4.15. The number of H-pyrrole nitrogens is 1. The van der Waals surface area contributed by atoms with Gasteiger partial charge in [-0.05, 0) is 26.3 Å². The van der Waals surface area contributed by atoms with Gasteiger partial charge in [0.15, 0.2) is 5.82 Å². The monoisotopic (exact) mass is 368 g/mol. The van der Waals surface area contributed by atoms with Gasteiger partial charge >= 0.3 is 6.03 Å². The molecule has 5 N–H and O–H groups in total. The molecule has 27 heavy (non-hydrogen) atoms. The fourth-order valence-corrected chi connectivity index (χ4v) is 2.88. The lowest BCUT2D eigenvalue weighted by Gasteiger charge is -2.30. The zero-order valence-corrected chi connectivity index (χ0v) is 15.6. The molecule has 0 saturated heterocycles. The fraction of sp³-hybridized carbons (Fsp3) is 0.316. The van der Waals surface area contributed by atoms with E-state index in [0.29, 0.717) is 5.82 Å². The zero-order chi connectivity index (χ0) is 19.4. The first-order chi connectivity index (χ1) is 12.9. The van der Waals surface area contributed by atoms with E-state index in [0.717, 1.165) is 28.8 Å². The Labute approximate surface area is 157 Å². The summed E-state index contributed by atoms with van der Waals surface area (Å²) >= 11 is 0. The molecule has 1 atom stereocenters. The largest absolute Gasteiger partial charge is 0.388 e. The Balaban J connectivity index is 1.75. The predicted molar refractivity (Wildman–Crippen MR) is 106 cm³/mol. The van der Waals surface area contributed by atoms with Gasteiger partial charge in [-0.1, -0.05) is 30.3 Å². The Morgan fingerprint density at radius 1 is 1.30 bits per heavy atom. The molecule has 0 radical (unpaired) electrons. The number of fused-ring (bicyclic) bond motifs is 1. The van der Waals surface area contributed by atoms with Crippen molar-refractivity contribution in [1.82, 2.24) is 20.5 Å². The van der Waals surface area contributed by atoms with Gasteiger partial charge in [-0.3, -0.25) is 10.4 Å². The number of aromatic amines is 1. The van der Waals surface area contributed by atoms with Gasteiger partial charge in [-0.25, -0.2) is 9.78 Å². The Bertz CT molecular complexity index is 917. The van der Waals surface area contributed by atoms with Gasteiger partial charge in [-0.15, -0.1) is 0 Å². The van der Waals surface area contributed by atoms with Gasteiger partial charge in [0, 0.05) is 18.8 Å². The number of amides is 2. The number of nitrogens with zero attached hydrogens (tertiary/aromatic N) is 2. The highest BCUT2D eigenvalue weighted by Crippen LogP contribution is 2.26. The Morgan fingerprint density at radius 3 is 2.70 bits per heavy atom. The number of anilines is 2. The summed E-state index contributed by atoms with van der Waals surface area (Å²) in [4.78, 5) is 16.7. The maximum Gasteiger partial charge on any atom is 0.320 e. The fourth-order valence-electron chi connectivity index (χ4n) is 2.88. The highest BCUT2D eigenvalue weighted by molar-refractivity contribution is 5.94. The van der Waals surface area contributed by atoms with Crippen LogP contribution < -0.4 is 16.0 Å². The summed E-state index contributed by atoms with van der Waals surface area (Å²) in [7, 11) is 0. The second-order valence-electron chi connectivity index (χ2n) is 6.81. The van der Waals surface area contributed by atoms with Crippen LogP contribution in [0.3, 0.4) is 0 Å². The van der Waals surface area contributed by atoms with Crippen LogP contribution in [0.15, 0.2) is 42.6 Å². The molecule has 1 unspecified atom stereocenters. The van der Waals surface area contributed by atoms with Crippen LogP contribution in [0.4, 0.5) is 16.4 Å². The van der Waals surface area contributed by atoms with E-state index in [1.165, 1.54) is 0 Å². The van der Waals surface area contributed by atoms with Crippen LogP contribution in [0.5, 0.6) is 0 Å². The van der Waals surface area contributed by atoms with Gasteiger partial charge < -0.3 is 15.7 Å². The molecule has 1 aromatic carbocycles. The Morgan fingerprint density at radius 2 is 2.04 bits per heavy atom. The highest BCUT2D eigenvalue weighted by Gasteiger charge is 2.29. The normalized spacial score (nSPS) is 12.6. The maximum atomic E-state index is 12.5. The van der Waals surface area contributed by atoms with Crippen molar-refractivity contribution in [3.05, 3.63) is 48.2 Å². The molecule has 8 nitrogen and oxygen atoms in total. The topological polar surface area (TPSA) is 115 Å². The highest BCUT2D eigenvalue weighted by atomic mass is 16.3. The number of hydrogen-bond acceptors (Lipinski definition) is 5. The van der Waals surface area contributed by atoms with Crippen molar-refractivity contribution in [2.45, 2.75) is 32.4 Å². The molecular formula is C19H24N6O2. The van der Waals surface area contributed by atoms with Gasteiger partial charge in [0.1, 0.15) is 5.82 Å². The van der Waals surface area contributed by atoms with Crippen LogP contribution in [0.1, 0.15) is 32.4 Å². The van der Waals surface area contributed by atoms with Crippen molar-refractivity contribution in [2.24, 2.45) is 0 Å². The minimum atomic E-state index is -1.14. The lowest BCUT2D eigenvalue weighted by atomic mass is 9.92. The standard InChI is InChI=1S/C19H24N6O2/c1-4-20-17-13-11-21-15(10-14(13)24-25-17)22-18(26)23-16(19(2,3)27)12-8-6-5-7-9-12/h5-11,16,27H,4H2,1-3H3,(H2,20,24,25)(H2,21,22,23,26). The van der Waals surface area contributed by atoms with Crippen molar-refractivity contribution < 1.29 is 9.90 Å². The minimum absolute atomic E-state index is 0.384. The molecular weight excluding hydrogens is 344 g/mol. The number of nitrogens with one attached hydrogen (secondary N) is 4. The van der Waals surface area contributed by atoms with E-state index in [-0.39, 0.29) is 0 Å². The smallest absolute Gasteiger partial charge is 0.320 e. The first-order valence-electron chi connectivity index (χ1n) is 8.81. The summed E-state index contributed by atoms with van der Waals surface area (Å²) in [5, 5.41) is 27.1. The summed E-state index contributed by atoms with van der Waals surface area (Å²) in [5.74, 6) is 1.11. The van der Waals surface area contributed by atoms with Gasteiger partial charge in [0.2, 0.25) is 0 Å². The summed E-state index contributed by atoms with van der Waals surface area (Å²) in [6.07, 6.45) is 1.65. The first-order valence-corrected chi connectivity index (χ1v) is 8.81. The van der Waals surface area contributed by atoms with E-state index in [4.69, 9.17) is 0 Å². The van der Waals surface area contributed by atoms with Crippen LogP contribution in [0.25, 0.3) is 10.9 Å². The minimum Gasteiger partial charge on any atom is -0.388 e. The number of urea groups is 1. The second-order valence-corrected chi connectivity index (χ2v) is 6.81. The molecule has 0 bridgehead atoms. The first kappa shape index (κ1) is 18.7. The average Bonchev–Trinajstić information content (AvgIpc) is 3.02. The SMILES string of the molecule is CCNc1n[nH]c2cc(NC(=O)NC(c3ccccc3)C(C)(C)O)ncc12. The Hall–Kier alpha value is -3.13. The number of pyridine rings is 1. The van der Waals surface area contributed by atoms with Crippen molar-refractivity contribution in [3.8, 4) is 0 Å². The number of aromatic nitrogens is 3. The molecule has 2 aromatic heterocycles. The number of hydrogen-bond donors (Lipinski definition) is 5. The third-order valence-corrected chi connectivity index (χ3v) is 4.15. The van der Waals surface area contributed by atoms with Gasteiger partial charge in [-0.2, -0.15) is 5.10 Å². The van der Waals surface area contributed by atoms with Crippen molar-refractivity contribution >= 4 is 28.6 Å². The summed E-state index contributed by atoms with van der Waals surface area (Å²) in [6, 6.07) is 10.0. The molecule has 3 aromatic rings. The predicted octanol–water partition coefficient (Wildman–Crippen LogP) is 3.02. The van der Waals surface area contributed by atoms with Crippen LogP contribution in [0.2, 0.25) is 0 Å². The molecule has 0 fully saturated rings. The molecule has 3 rings (SSSR count). The van der Waals surface area contributed by atoms with E-state index >= 15 is 0 Å². The molecule has 2 heterocycles. The van der Waals surface area contributed by atoms with Crippen LogP contribution in [-0.2, 0) is 0 Å². The zero-order valence-electron chi connectivity index (χ0n) is 15.6. The van der Waals surface area contributed by atoms with Crippen LogP contribution in [-0.4, -0.2) is 38.5 Å². The summed E-state index contributed by atoms with van der Waals surface area (Å²) in [5.41, 5.74) is 0.436. The van der Waals surface area contributed by atoms with E-state index in [9.17, 15) is 9.90 Å². The molecule has 0 aliphatic rings. The van der Waals surface area contributed by atoms with Crippen LogP contribution in [0, 0.1) is 0 Å². The number of carbonyl (C=O) groups is 1. The Kier molecular flexibility index (Phi) is 5.27. The molecule has 2 amide bonds. The van der Waals surface area contributed by atoms with Crippen molar-refractivity contribution in [1.29, 1.82) is 0 Å². The molecule has 8 heteroatoms. The maximum absolute atomic E-state index is 12.5. The number of carbonyl (C=O) groups excluding carboxylic acids is 1. The second kappa shape index (κ2) is 7.63. The molecule has 0 spiro atoms. The lowest BCUT2D eigenvalue weighted by molar-refractivity contribution is 0.0415. The summed E-state index contributed by atoms with van der Waals surface area (Å²) < 4.78 is 0. The molecule has 0 aliphatic carbocycles. The average molecular weight is 368 g/mol. The molecule has 0 aliphatic heterocycles. The van der Waals surface area contributed by atoms with Crippen molar-refractivity contribution in [2.75, 3.05) is 17.2 Å².